The molecule has 16 heteroatoms. The second-order valence-corrected chi connectivity index (χ2v) is 10.1. The zero-order chi connectivity index (χ0) is 24.8. The van der Waals surface area contributed by atoms with Gasteiger partial charge in [-0.2, -0.15) is 9.29 Å². The summed E-state index contributed by atoms with van der Waals surface area (Å²) in [6.07, 6.45) is -4.94. The molecule has 1 atom stereocenters. The van der Waals surface area contributed by atoms with Crippen LogP contribution < -0.4 is 15.2 Å². The zero-order valence-electron chi connectivity index (χ0n) is 17.2. The highest BCUT2D eigenvalue weighted by molar-refractivity contribution is 7.89. The predicted octanol–water partition coefficient (Wildman–Crippen LogP) is 1.55. The van der Waals surface area contributed by atoms with Gasteiger partial charge in [0.1, 0.15) is 22.3 Å². The van der Waals surface area contributed by atoms with Crippen molar-refractivity contribution in [2.45, 2.75) is 24.2 Å². The second kappa shape index (κ2) is 8.52. The highest BCUT2D eigenvalue weighted by Crippen LogP contribution is 2.30. The van der Waals surface area contributed by atoms with Crippen LogP contribution in [0, 0.1) is 6.92 Å². The van der Waals surface area contributed by atoms with Crippen molar-refractivity contribution in [3.05, 3.63) is 40.4 Å². The molecular weight excluding hydrogens is 503 g/mol. The summed E-state index contributed by atoms with van der Waals surface area (Å²) in [4.78, 5) is 36.2. The zero-order valence-corrected chi connectivity index (χ0v) is 18.9. The van der Waals surface area contributed by atoms with Crippen molar-refractivity contribution in [3.8, 4) is 5.75 Å². The van der Waals surface area contributed by atoms with Gasteiger partial charge in [0.05, 0.1) is 4.90 Å². The summed E-state index contributed by atoms with van der Waals surface area (Å²) < 4.78 is 68.0. The standard InChI is InChI=1S/C18H16F3N5O6S2/c1-9-22-14-13(15(27)23-9)33-17(24-14)25-6-7-26(12(8-25)16(28)29)34(30,31)11-4-2-10(3-5-11)32-18(19,20)21/h2-5,12H,6-8H2,1H3,(H,28,29)(H,22,23,27)/t12-/m1/s1. The first-order chi connectivity index (χ1) is 15.8. The lowest BCUT2D eigenvalue weighted by Crippen LogP contribution is -2.58. The van der Waals surface area contributed by atoms with E-state index in [1.54, 1.807) is 11.8 Å². The quantitative estimate of drug-likeness (QED) is 0.513. The summed E-state index contributed by atoms with van der Waals surface area (Å²) in [5, 5.41) is 10.0. The number of aromatic amines is 1. The molecule has 11 nitrogen and oxygen atoms in total. The van der Waals surface area contributed by atoms with Crippen molar-refractivity contribution >= 4 is 42.8 Å². The molecule has 2 aromatic heterocycles. The molecule has 4 rings (SSSR count). The topological polar surface area (TPSA) is 146 Å². The number of alkyl halides is 3. The number of aromatic nitrogens is 3. The van der Waals surface area contributed by atoms with Gasteiger partial charge in [-0.25, -0.2) is 13.4 Å². The van der Waals surface area contributed by atoms with Crippen molar-refractivity contribution in [2.24, 2.45) is 0 Å². The Bertz CT molecular complexity index is 1400. The number of nitrogens with one attached hydrogen (secondary N) is 1. The first-order valence-electron chi connectivity index (χ1n) is 9.58. The third kappa shape index (κ3) is 4.69. The largest absolute Gasteiger partial charge is 0.573 e. The Labute approximate surface area is 193 Å². The smallest absolute Gasteiger partial charge is 0.480 e. The number of benzene rings is 1. The summed E-state index contributed by atoms with van der Waals surface area (Å²) in [5.41, 5.74) is -0.190. The molecule has 1 fully saturated rings. The van der Waals surface area contributed by atoms with Crippen LogP contribution in [-0.4, -0.2) is 70.8 Å². The fourth-order valence-electron chi connectivity index (χ4n) is 3.45. The lowest BCUT2D eigenvalue weighted by atomic mass is 10.2. The van der Waals surface area contributed by atoms with E-state index in [1.165, 1.54) is 0 Å². The summed E-state index contributed by atoms with van der Waals surface area (Å²) in [7, 11) is -4.35. The number of nitrogens with zero attached hydrogens (tertiary/aromatic N) is 4. The molecular formula is C18H16F3N5O6S2. The molecule has 0 amide bonds. The lowest BCUT2D eigenvalue weighted by molar-refractivity contribution is -0.274. The number of ether oxygens (including phenoxy) is 1. The van der Waals surface area contributed by atoms with Gasteiger partial charge in [-0.3, -0.25) is 9.59 Å². The minimum absolute atomic E-state index is 0.0645. The molecule has 0 bridgehead atoms. The van der Waals surface area contributed by atoms with Crippen LogP contribution in [0.25, 0.3) is 10.3 Å². The van der Waals surface area contributed by atoms with E-state index >= 15 is 0 Å². The Morgan fingerprint density at radius 3 is 2.53 bits per heavy atom. The van der Waals surface area contributed by atoms with Gasteiger partial charge < -0.3 is 19.7 Å². The predicted molar refractivity (Wildman–Crippen MR) is 113 cm³/mol. The third-order valence-corrected chi connectivity index (χ3v) is 7.95. The van der Waals surface area contributed by atoms with E-state index in [2.05, 4.69) is 19.7 Å². The molecule has 34 heavy (non-hydrogen) atoms. The highest BCUT2D eigenvalue weighted by atomic mass is 32.2. The number of halogens is 3. The molecule has 3 aromatic rings. The van der Waals surface area contributed by atoms with Crippen molar-refractivity contribution in [3.63, 3.8) is 0 Å². The number of piperazine rings is 1. The van der Waals surface area contributed by atoms with Gasteiger partial charge in [-0.1, -0.05) is 11.3 Å². The van der Waals surface area contributed by atoms with E-state index in [1.807, 2.05) is 0 Å². The van der Waals surface area contributed by atoms with Gasteiger partial charge in [0.2, 0.25) is 10.0 Å². The minimum Gasteiger partial charge on any atom is -0.480 e. The van der Waals surface area contributed by atoms with Crippen molar-refractivity contribution in [2.75, 3.05) is 24.5 Å². The van der Waals surface area contributed by atoms with Crippen LogP contribution in [0.15, 0.2) is 34.0 Å². The summed E-state index contributed by atoms with van der Waals surface area (Å²) in [6, 6.07) is 1.98. The van der Waals surface area contributed by atoms with E-state index in [0.29, 0.717) is 11.0 Å². The Balaban J connectivity index is 1.59. The normalized spacial score (nSPS) is 17.8. The monoisotopic (exact) mass is 519 g/mol. The Hall–Kier alpha value is -3.24. The molecule has 3 heterocycles. The van der Waals surface area contributed by atoms with Crippen LogP contribution in [0.1, 0.15) is 5.82 Å². The van der Waals surface area contributed by atoms with E-state index in [0.717, 1.165) is 39.9 Å². The van der Waals surface area contributed by atoms with E-state index in [4.69, 9.17) is 0 Å². The van der Waals surface area contributed by atoms with Crippen LogP contribution in [0.2, 0.25) is 0 Å². The fraction of sp³-hybridized carbons (Fsp3) is 0.333. The SMILES string of the molecule is Cc1nc2nc(N3CCN(S(=O)(=O)c4ccc(OC(F)(F)F)cc4)[C@@H](C(=O)O)C3)sc2c(=O)[nH]1. The Kier molecular flexibility index (Phi) is 5.99. The minimum atomic E-state index is -4.94. The van der Waals surface area contributed by atoms with Crippen LogP contribution in [-0.2, 0) is 14.8 Å². The molecule has 182 valence electrons. The van der Waals surface area contributed by atoms with Crippen LogP contribution in [0.5, 0.6) is 5.75 Å². The first-order valence-corrected chi connectivity index (χ1v) is 11.8. The number of rotatable bonds is 5. The molecule has 0 spiro atoms. The van der Waals surface area contributed by atoms with Crippen molar-refractivity contribution < 1.29 is 36.2 Å². The number of carboxylic acids is 1. The number of anilines is 1. The number of hydrogen-bond donors (Lipinski definition) is 2. The number of H-pyrrole nitrogens is 1. The molecule has 1 aromatic carbocycles. The molecule has 1 aliphatic heterocycles. The molecule has 0 aliphatic carbocycles. The number of aliphatic carboxylic acids is 1. The molecule has 0 radical (unpaired) electrons. The third-order valence-electron chi connectivity index (χ3n) is 4.92. The number of carbonyl (C=O) groups is 1. The maximum atomic E-state index is 13.1. The van der Waals surface area contributed by atoms with Gasteiger partial charge in [0, 0.05) is 19.6 Å². The maximum absolute atomic E-state index is 13.1. The molecule has 2 N–H and O–H groups in total. The average Bonchev–Trinajstić information content (AvgIpc) is 3.17. The fourth-order valence-corrected chi connectivity index (χ4v) is 5.95. The lowest BCUT2D eigenvalue weighted by Gasteiger charge is -2.38. The average molecular weight is 519 g/mol. The van der Waals surface area contributed by atoms with E-state index < -0.39 is 34.1 Å². The van der Waals surface area contributed by atoms with Gasteiger partial charge in [0.15, 0.2) is 10.8 Å². The highest BCUT2D eigenvalue weighted by Gasteiger charge is 2.41. The number of carboxylic acid groups (broad SMARTS) is 1. The number of thiazole rings is 1. The van der Waals surface area contributed by atoms with Gasteiger partial charge in [0.25, 0.3) is 5.56 Å². The Morgan fingerprint density at radius 2 is 1.91 bits per heavy atom. The first kappa shape index (κ1) is 23.9. The molecule has 1 aliphatic rings. The van der Waals surface area contributed by atoms with Crippen molar-refractivity contribution in [1.29, 1.82) is 0 Å². The number of hydrogen-bond acceptors (Lipinski definition) is 9. The van der Waals surface area contributed by atoms with E-state index in [-0.39, 0.29) is 40.4 Å². The molecule has 1 saturated heterocycles. The van der Waals surface area contributed by atoms with Crippen LogP contribution in [0.3, 0.4) is 0 Å². The van der Waals surface area contributed by atoms with Gasteiger partial charge in [-0.05, 0) is 31.2 Å². The molecule has 0 unspecified atom stereocenters. The number of aryl methyl sites for hydroxylation is 1. The Morgan fingerprint density at radius 1 is 1.24 bits per heavy atom. The van der Waals surface area contributed by atoms with Crippen molar-refractivity contribution in [1.82, 2.24) is 19.3 Å². The second-order valence-electron chi connectivity index (χ2n) is 7.24. The maximum Gasteiger partial charge on any atom is 0.573 e. The van der Waals surface area contributed by atoms with Crippen LogP contribution >= 0.6 is 11.3 Å². The summed E-state index contributed by atoms with van der Waals surface area (Å²) >= 11 is 1.01. The van der Waals surface area contributed by atoms with Crippen LogP contribution in [0.4, 0.5) is 18.3 Å². The summed E-state index contributed by atoms with van der Waals surface area (Å²) in [6.45, 7) is 1.15. The number of fused-ring (bicyclic) bond motifs is 1. The van der Waals surface area contributed by atoms with Gasteiger partial charge in [-0.15, -0.1) is 13.2 Å². The molecule has 0 saturated carbocycles. The van der Waals surface area contributed by atoms with E-state index in [9.17, 15) is 36.3 Å². The van der Waals surface area contributed by atoms with Gasteiger partial charge >= 0.3 is 12.3 Å². The summed E-state index contributed by atoms with van der Waals surface area (Å²) in [5.74, 6) is -1.67. The number of sulfonamides is 1.